The molecule has 4 nitrogen and oxygen atoms in total. The lowest BCUT2D eigenvalue weighted by Crippen LogP contribution is -2.09. The van der Waals surface area contributed by atoms with Crippen LogP contribution in [0, 0.1) is 19.8 Å². The third-order valence-corrected chi connectivity index (χ3v) is 3.55. The van der Waals surface area contributed by atoms with Crippen LogP contribution in [-0.4, -0.2) is 17.6 Å². The number of nitrogens with zero attached hydrogens (tertiary/aromatic N) is 1. The number of benzene rings is 1. The number of carbonyl (C=O) groups is 1. The minimum absolute atomic E-state index is 0.0189. The summed E-state index contributed by atoms with van der Waals surface area (Å²) in [5.41, 5.74) is 10.7. The van der Waals surface area contributed by atoms with Gasteiger partial charge in [-0.15, -0.1) is 0 Å². The maximum absolute atomic E-state index is 13.4. The molecule has 1 heterocycles. The molecule has 0 amide bonds. The highest BCUT2D eigenvalue weighted by Crippen LogP contribution is 2.31. The molecule has 1 aromatic carbocycles. The molecule has 116 valence electrons. The summed E-state index contributed by atoms with van der Waals surface area (Å²) in [6, 6.07) is 5.04. The molecule has 2 rings (SSSR count). The van der Waals surface area contributed by atoms with Crippen LogP contribution in [0.1, 0.15) is 23.6 Å². The fraction of sp³-hybridized carbons (Fsp3) is 0.294. The van der Waals surface area contributed by atoms with E-state index in [1.54, 1.807) is 6.92 Å². The third-order valence-electron chi connectivity index (χ3n) is 3.55. The van der Waals surface area contributed by atoms with Crippen molar-refractivity contribution in [2.24, 2.45) is 0 Å². The molecule has 5 heteroatoms. The number of carbonyl (C=O) groups excluding carboxylic acids is 1. The maximum Gasteiger partial charge on any atom is 0.310 e. The molecule has 0 saturated heterocycles. The van der Waals surface area contributed by atoms with Crippen molar-refractivity contribution in [3.8, 4) is 11.1 Å². The average molecular weight is 302 g/mol. The minimum atomic E-state index is -0.634. The van der Waals surface area contributed by atoms with Crippen LogP contribution >= 0.6 is 0 Å². The lowest BCUT2D eigenvalue weighted by atomic mass is 9.95. The molecule has 2 aromatic rings. The zero-order valence-electron chi connectivity index (χ0n) is 12.9. The van der Waals surface area contributed by atoms with Crippen molar-refractivity contribution in [1.82, 2.24) is 4.98 Å². The van der Waals surface area contributed by atoms with Gasteiger partial charge in [0.2, 0.25) is 5.95 Å². The van der Waals surface area contributed by atoms with E-state index in [1.165, 1.54) is 12.3 Å². The Balaban J connectivity index is 2.51. The fourth-order valence-electron chi connectivity index (χ4n) is 2.30. The van der Waals surface area contributed by atoms with Crippen LogP contribution in [-0.2, 0) is 16.0 Å². The number of rotatable bonds is 4. The minimum Gasteiger partial charge on any atom is -0.466 e. The predicted octanol–water partition coefficient (Wildman–Crippen LogP) is 3.19. The van der Waals surface area contributed by atoms with Crippen LogP contribution in [0.5, 0.6) is 0 Å². The van der Waals surface area contributed by atoms with Gasteiger partial charge in [-0.05, 0) is 55.7 Å². The Morgan fingerprint density at radius 3 is 2.59 bits per heavy atom. The van der Waals surface area contributed by atoms with Gasteiger partial charge in [-0.25, -0.2) is 4.98 Å². The normalized spacial score (nSPS) is 10.5. The van der Waals surface area contributed by atoms with Crippen LogP contribution < -0.4 is 5.73 Å². The first-order valence-electron chi connectivity index (χ1n) is 7.09. The van der Waals surface area contributed by atoms with E-state index in [1.807, 2.05) is 26.0 Å². The van der Waals surface area contributed by atoms with E-state index in [2.05, 4.69) is 4.98 Å². The van der Waals surface area contributed by atoms with Crippen molar-refractivity contribution in [3.05, 3.63) is 47.0 Å². The van der Waals surface area contributed by atoms with Crippen molar-refractivity contribution >= 4 is 11.7 Å². The summed E-state index contributed by atoms with van der Waals surface area (Å²) in [4.78, 5) is 15.4. The van der Waals surface area contributed by atoms with Crippen LogP contribution in [0.3, 0.4) is 0 Å². The molecule has 0 saturated carbocycles. The standard InChI is InChI=1S/C17H19FN2O2/c1-4-22-17(21)8-12-7-16(18)20-9-14(12)13-5-10(2)11(3)6-15(13)19/h5-7,9H,4,8,19H2,1-3H3. The second-order valence-corrected chi connectivity index (χ2v) is 5.17. The Labute approximate surface area is 129 Å². The number of hydrogen-bond donors (Lipinski definition) is 1. The van der Waals surface area contributed by atoms with Crippen LogP contribution in [0.2, 0.25) is 0 Å². The number of aromatic nitrogens is 1. The van der Waals surface area contributed by atoms with Crippen molar-refractivity contribution in [2.45, 2.75) is 27.2 Å². The van der Waals surface area contributed by atoms with E-state index in [0.29, 0.717) is 16.8 Å². The number of ether oxygens (including phenoxy) is 1. The first-order chi connectivity index (χ1) is 10.4. The second-order valence-electron chi connectivity index (χ2n) is 5.17. The summed E-state index contributed by atoms with van der Waals surface area (Å²) in [5.74, 6) is -1.04. The highest BCUT2D eigenvalue weighted by Gasteiger charge is 2.15. The zero-order chi connectivity index (χ0) is 16.3. The molecule has 0 spiro atoms. The van der Waals surface area contributed by atoms with E-state index in [0.717, 1.165) is 16.7 Å². The van der Waals surface area contributed by atoms with Gasteiger partial charge in [0.1, 0.15) is 0 Å². The highest BCUT2D eigenvalue weighted by molar-refractivity contribution is 5.83. The van der Waals surface area contributed by atoms with Gasteiger partial charge >= 0.3 is 5.97 Å². The summed E-state index contributed by atoms with van der Waals surface area (Å²) >= 11 is 0. The van der Waals surface area contributed by atoms with E-state index in [9.17, 15) is 9.18 Å². The number of pyridine rings is 1. The van der Waals surface area contributed by atoms with Gasteiger partial charge in [0.05, 0.1) is 13.0 Å². The van der Waals surface area contributed by atoms with E-state index >= 15 is 0 Å². The van der Waals surface area contributed by atoms with Gasteiger partial charge in [-0.2, -0.15) is 4.39 Å². The first-order valence-corrected chi connectivity index (χ1v) is 7.09. The van der Waals surface area contributed by atoms with Crippen molar-refractivity contribution in [3.63, 3.8) is 0 Å². The number of nitrogens with two attached hydrogens (primary N) is 1. The predicted molar refractivity (Wildman–Crippen MR) is 83.9 cm³/mol. The molecule has 0 aliphatic carbocycles. The molecule has 22 heavy (non-hydrogen) atoms. The Hall–Kier alpha value is -2.43. The SMILES string of the molecule is CCOC(=O)Cc1cc(F)ncc1-c1cc(C)c(C)cc1N. The first kappa shape index (κ1) is 15.9. The highest BCUT2D eigenvalue weighted by atomic mass is 19.1. The molecule has 0 aliphatic heterocycles. The van der Waals surface area contributed by atoms with Gasteiger partial charge < -0.3 is 10.5 Å². The van der Waals surface area contributed by atoms with Crippen LogP contribution in [0.4, 0.5) is 10.1 Å². The van der Waals surface area contributed by atoms with E-state index < -0.39 is 11.9 Å². The van der Waals surface area contributed by atoms with Crippen molar-refractivity contribution in [1.29, 1.82) is 0 Å². The van der Waals surface area contributed by atoms with Crippen LogP contribution in [0.15, 0.2) is 24.4 Å². The van der Waals surface area contributed by atoms with Crippen LogP contribution in [0.25, 0.3) is 11.1 Å². The van der Waals surface area contributed by atoms with Gasteiger partial charge in [0, 0.05) is 23.0 Å². The monoisotopic (exact) mass is 302 g/mol. The van der Waals surface area contributed by atoms with Crippen molar-refractivity contribution in [2.75, 3.05) is 12.3 Å². The Morgan fingerprint density at radius 1 is 1.23 bits per heavy atom. The van der Waals surface area contributed by atoms with E-state index in [4.69, 9.17) is 10.5 Å². The number of aryl methyl sites for hydroxylation is 2. The summed E-state index contributed by atoms with van der Waals surface area (Å²) in [5, 5.41) is 0. The van der Waals surface area contributed by atoms with Gasteiger partial charge in [0.25, 0.3) is 0 Å². The number of nitrogen functional groups attached to an aromatic ring is 1. The Kier molecular flexibility index (Phi) is 4.75. The average Bonchev–Trinajstić information content (AvgIpc) is 2.44. The molecular formula is C17H19FN2O2. The molecule has 0 bridgehead atoms. The molecule has 0 unspecified atom stereocenters. The smallest absolute Gasteiger partial charge is 0.310 e. The largest absolute Gasteiger partial charge is 0.466 e. The number of esters is 1. The lowest BCUT2D eigenvalue weighted by Gasteiger charge is -2.13. The maximum atomic E-state index is 13.4. The van der Waals surface area contributed by atoms with Crippen molar-refractivity contribution < 1.29 is 13.9 Å². The third kappa shape index (κ3) is 3.42. The summed E-state index contributed by atoms with van der Waals surface area (Å²) in [6.07, 6.45) is 1.39. The molecule has 0 fully saturated rings. The van der Waals surface area contributed by atoms with E-state index in [-0.39, 0.29) is 13.0 Å². The molecule has 0 atom stereocenters. The van der Waals surface area contributed by atoms with Gasteiger partial charge in [0.15, 0.2) is 0 Å². The van der Waals surface area contributed by atoms with Gasteiger partial charge in [-0.1, -0.05) is 0 Å². The number of anilines is 1. The Bertz CT molecular complexity index is 714. The number of halogens is 1. The topological polar surface area (TPSA) is 65.2 Å². The zero-order valence-corrected chi connectivity index (χ0v) is 12.9. The van der Waals surface area contributed by atoms with Gasteiger partial charge in [-0.3, -0.25) is 4.79 Å². The number of hydrogen-bond acceptors (Lipinski definition) is 4. The lowest BCUT2D eigenvalue weighted by molar-refractivity contribution is -0.142. The second kappa shape index (κ2) is 6.56. The Morgan fingerprint density at radius 2 is 1.91 bits per heavy atom. The molecule has 0 radical (unpaired) electrons. The molecule has 2 N–H and O–H groups in total. The molecule has 0 aliphatic rings. The summed E-state index contributed by atoms with van der Waals surface area (Å²) in [7, 11) is 0. The summed E-state index contributed by atoms with van der Waals surface area (Å²) in [6.45, 7) is 5.96. The molecule has 1 aromatic heterocycles. The molecular weight excluding hydrogens is 283 g/mol. The fourth-order valence-corrected chi connectivity index (χ4v) is 2.30. The summed E-state index contributed by atoms with van der Waals surface area (Å²) < 4.78 is 18.4. The quantitative estimate of drug-likeness (QED) is 0.535.